The Morgan fingerprint density at radius 1 is 0.789 bits per heavy atom. The third-order valence-corrected chi connectivity index (χ3v) is 6.89. The maximum absolute atomic E-state index is 11.8. The number of nitrogens with one attached hydrogen (secondary N) is 1. The van der Waals surface area contributed by atoms with Gasteiger partial charge in [0.15, 0.2) is 0 Å². The molecule has 6 N–H and O–H groups in total. The SMILES string of the molecule is Cc1ccc(C(=O)Cl)cc1.Cc1ccc(C(=O)NCCc2cccs2)cc1.NCCc1cccs1.O.[Na+].[OH-]. The Morgan fingerprint density at radius 2 is 1.24 bits per heavy atom. The summed E-state index contributed by atoms with van der Waals surface area (Å²) in [6, 6.07) is 23.0. The van der Waals surface area contributed by atoms with Crippen molar-refractivity contribution >= 4 is 45.4 Å². The van der Waals surface area contributed by atoms with Crippen molar-refractivity contribution in [3.05, 3.63) is 116 Å². The molecule has 200 valence electrons. The van der Waals surface area contributed by atoms with Gasteiger partial charge in [0.1, 0.15) is 0 Å². The van der Waals surface area contributed by atoms with Gasteiger partial charge in [-0.15, -0.1) is 22.7 Å². The Morgan fingerprint density at radius 3 is 1.63 bits per heavy atom. The van der Waals surface area contributed by atoms with Crippen LogP contribution in [0.5, 0.6) is 0 Å². The molecule has 10 heteroatoms. The fraction of sp³-hybridized carbons (Fsp3) is 0.214. The summed E-state index contributed by atoms with van der Waals surface area (Å²) in [4.78, 5) is 25.0. The van der Waals surface area contributed by atoms with Crippen LogP contribution in [0, 0.1) is 13.8 Å². The van der Waals surface area contributed by atoms with Crippen LogP contribution in [0.15, 0.2) is 83.6 Å². The molecule has 0 bridgehead atoms. The fourth-order valence-corrected chi connectivity index (χ4v) is 4.40. The van der Waals surface area contributed by atoms with Crippen LogP contribution >= 0.6 is 34.3 Å². The normalized spacial score (nSPS) is 9.05. The van der Waals surface area contributed by atoms with Gasteiger partial charge in [-0.25, -0.2) is 0 Å². The van der Waals surface area contributed by atoms with E-state index in [4.69, 9.17) is 17.3 Å². The number of aryl methyl sites for hydroxylation is 2. The Balaban J connectivity index is 0. The van der Waals surface area contributed by atoms with Crippen LogP contribution in [0.25, 0.3) is 0 Å². The van der Waals surface area contributed by atoms with E-state index >= 15 is 0 Å². The van der Waals surface area contributed by atoms with Crippen molar-refractivity contribution in [2.45, 2.75) is 26.7 Å². The number of hydrogen-bond donors (Lipinski definition) is 2. The zero-order valence-electron chi connectivity index (χ0n) is 21.9. The third-order valence-electron chi connectivity index (χ3n) is 4.80. The summed E-state index contributed by atoms with van der Waals surface area (Å²) in [5.41, 5.74) is 8.89. The summed E-state index contributed by atoms with van der Waals surface area (Å²) in [6.45, 7) is 5.43. The second-order valence-electron chi connectivity index (χ2n) is 7.71. The molecule has 0 saturated carbocycles. The third kappa shape index (κ3) is 15.5. The summed E-state index contributed by atoms with van der Waals surface area (Å²) in [5.74, 6) is 0.00144. The standard InChI is InChI=1S/C14H15NOS.C8H7ClO.C6H9NS.Na.2H2O/c1-11-4-6-12(7-5-11)14(16)15-9-8-13-3-2-10-17-13;1-6-2-4-7(5-3-6)8(9)10;7-4-3-6-2-1-5-8-6;;;/h2-7,10H,8-9H2,1H3,(H,15,16);2-5H,1H3;1-2,5H,3-4,7H2;;2*1H2/q;;;+1;;/p-1. The van der Waals surface area contributed by atoms with Crippen LogP contribution < -0.4 is 40.6 Å². The minimum absolute atomic E-state index is 0. The van der Waals surface area contributed by atoms with Crippen molar-refractivity contribution in [1.82, 2.24) is 5.32 Å². The van der Waals surface area contributed by atoms with Gasteiger partial charge in [0, 0.05) is 27.4 Å². The van der Waals surface area contributed by atoms with E-state index in [9.17, 15) is 9.59 Å². The second-order valence-corrected chi connectivity index (χ2v) is 10.1. The molecule has 0 fully saturated rings. The van der Waals surface area contributed by atoms with Gasteiger partial charge < -0.3 is 22.0 Å². The number of hydrogen-bond acceptors (Lipinski definition) is 6. The van der Waals surface area contributed by atoms with Crippen molar-refractivity contribution in [2.75, 3.05) is 13.1 Å². The van der Waals surface area contributed by atoms with Crippen LogP contribution in [0.4, 0.5) is 0 Å². The molecule has 0 spiro atoms. The molecule has 2 aromatic carbocycles. The summed E-state index contributed by atoms with van der Waals surface area (Å²) in [5, 5.41) is 6.65. The Hall–Kier alpha value is -1.85. The van der Waals surface area contributed by atoms with Gasteiger partial charge in [-0.2, -0.15) is 0 Å². The average molecular weight is 585 g/mol. The second kappa shape index (κ2) is 22.0. The maximum Gasteiger partial charge on any atom is 1.00 e. The van der Waals surface area contributed by atoms with Crippen LogP contribution in [-0.4, -0.2) is 35.2 Å². The molecule has 0 atom stereocenters. The van der Waals surface area contributed by atoms with Crippen molar-refractivity contribution in [2.24, 2.45) is 5.73 Å². The van der Waals surface area contributed by atoms with E-state index < -0.39 is 5.24 Å². The van der Waals surface area contributed by atoms with E-state index in [2.05, 4.69) is 34.3 Å². The first kappa shape index (κ1) is 38.3. The summed E-state index contributed by atoms with van der Waals surface area (Å²) < 4.78 is 0. The van der Waals surface area contributed by atoms with Crippen molar-refractivity contribution < 1.29 is 50.1 Å². The van der Waals surface area contributed by atoms with Crippen LogP contribution in [0.3, 0.4) is 0 Å². The van der Waals surface area contributed by atoms with E-state index in [1.54, 1.807) is 34.8 Å². The first-order valence-corrected chi connectivity index (χ1v) is 13.4. The molecule has 0 radical (unpaired) electrons. The zero-order chi connectivity index (χ0) is 25.5. The molecule has 6 nitrogen and oxygen atoms in total. The van der Waals surface area contributed by atoms with E-state index in [1.807, 2.05) is 56.3 Å². The van der Waals surface area contributed by atoms with Gasteiger partial charge in [0.05, 0.1) is 0 Å². The van der Waals surface area contributed by atoms with Crippen molar-refractivity contribution in [1.29, 1.82) is 0 Å². The number of rotatable bonds is 7. The molecule has 0 aliphatic heterocycles. The number of carbonyl (C=O) groups is 2. The minimum Gasteiger partial charge on any atom is -0.870 e. The molecule has 0 aliphatic carbocycles. The van der Waals surface area contributed by atoms with Gasteiger partial charge in [0.2, 0.25) is 0 Å². The fourth-order valence-electron chi connectivity index (χ4n) is 2.84. The molecule has 0 unspecified atom stereocenters. The van der Waals surface area contributed by atoms with Crippen molar-refractivity contribution in [3.8, 4) is 0 Å². The molecular weight excluding hydrogens is 551 g/mol. The van der Waals surface area contributed by atoms with Gasteiger partial charge in [0.25, 0.3) is 11.1 Å². The summed E-state index contributed by atoms with van der Waals surface area (Å²) in [7, 11) is 0. The predicted octanol–water partition coefficient (Wildman–Crippen LogP) is 2.65. The Kier molecular flexibility index (Phi) is 22.2. The van der Waals surface area contributed by atoms with Crippen LogP contribution in [0.1, 0.15) is 41.6 Å². The van der Waals surface area contributed by atoms with E-state index in [0.717, 1.165) is 30.5 Å². The smallest absolute Gasteiger partial charge is 0.870 e. The van der Waals surface area contributed by atoms with Crippen LogP contribution in [0.2, 0.25) is 0 Å². The van der Waals surface area contributed by atoms with Crippen LogP contribution in [-0.2, 0) is 12.8 Å². The number of nitrogens with two attached hydrogens (primary N) is 1. The minimum atomic E-state index is -0.403. The molecular formula is C28H34ClN2NaO4S2. The Labute approximate surface area is 260 Å². The maximum atomic E-state index is 11.8. The van der Waals surface area contributed by atoms with Gasteiger partial charge in [-0.3, -0.25) is 9.59 Å². The largest absolute Gasteiger partial charge is 1.00 e. The van der Waals surface area contributed by atoms with E-state index in [1.165, 1.54) is 15.3 Å². The average Bonchev–Trinajstić information content (AvgIpc) is 3.56. The molecule has 2 heterocycles. The number of benzene rings is 2. The van der Waals surface area contributed by atoms with E-state index in [-0.39, 0.29) is 46.4 Å². The van der Waals surface area contributed by atoms with Gasteiger partial charge in [-0.1, -0.05) is 47.5 Å². The molecule has 38 heavy (non-hydrogen) atoms. The number of amides is 1. The molecule has 1 amide bonds. The molecule has 0 aliphatic rings. The van der Waals surface area contributed by atoms with Crippen molar-refractivity contribution in [3.63, 3.8) is 0 Å². The quantitative estimate of drug-likeness (QED) is 0.255. The number of halogens is 1. The topological polar surface area (TPSA) is 134 Å². The Bertz CT molecular complexity index is 1140. The summed E-state index contributed by atoms with van der Waals surface area (Å²) in [6.07, 6.45) is 1.92. The summed E-state index contributed by atoms with van der Waals surface area (Å²) >= 11 is 8.71. The number of thiophene rings is 2. The monoisotopic (exact) mass is 584 g/mol. The van der Waals surface area contributed by atoms with Gasteiger partial charge >= 0.3 is 29.6 Å². The van der Waals surface area contributed by atoms with Gasteiger partial charge in [-0.05, 0) is 92.0 Å². The predicted molar refractivity (Wildman–Crippen MR) is 156 cm³/mol. The first-order valence-electron chi connectivity index (χ1n) is 11.2. The molecule has 2 aromatic heterocycles. The molecule has 0 saturated heterocycles. The zero-order valence-corrected chi connectivity index (χ0v) is 26.3. The first-order chi connectivity index (χ1) is 16.9. The molecule has 4 aromatic rings. The molecule has 4 rings (SSSR count). The van der Waals surface area contributed by atoms with E-state index in [0.29, 0.717) is 12.1 Å². The number of carbonyl (C=O) groups excluding carboxylic acids is 2.